The number of rotatable bonds is 2. The molecule has 260 valence electrons. The molecule has 2 saturated carbocycles. The number of aliphatic hydroxyl groups is 2. The highest BCUT2D eigenvalue weighted by Crippen LogP contribution is 2.29. The minimum Gasteiger partial charge on any atom is -0.444 e. The van der Waals surface area contributed by atoms with Gasteiger partial charge in [0.25, 0.3) is 0 Å². The summed E-state index contributed by atoms with van der Waals surface area (Å²) in [6, 6.07) is 14.1. The molecule has 0 aliphatic heterocycles. The van der Waals surface area contributed by atoms with E-state index in [2.05, 4.69) is 34.3 Å². The van der Waals surface area contributed by atoms with Crippen molar-refractivity contribution in [3.8, 4) is 23.7 Å². The van der Waals surface area contributed by atoms with E-state index in [1.165, 1.54) is 0 Å². The summed E-state index contributed by atoms with van der Waals surface area (Å²) in [5, 5.41) is 28.3. The van der Waals surface area contributed by atoms with E-state index in [1.54, 1.807) is 24.3 Å². The number of nitrogens with one attached hydrogen (secondary N) is 2. The van der Waals surface area contributed by atoms with Gasteiger partial charge in [-0.1, -0.05) is 59.0 Å². The van der Waals surface area contributed by atoms with Crippen LogP contribution in [0.1, 0.15) is 104 Å². The third kappa shape index (κ3) is 14.8. The fourth-order valence-corrected chi connectivity index (χ4v) is 5.82. The summed E-state index contributed by atoms with van der Waals surface area (Å²) in [7, 11) is 0. The Morgan fingerprint density at radius 2 is 1.10 bits per heavy atom. The van der Waals surface area contributed by atoms with Gasteiger partial charge in [0.05, 0.1) is 0 Å². The molecule has 2 aromatic rings. The Morgan fingerprint density at radius 3 is 1.44 bits per heavy atom. The molecule has 0 heterocycles. The first-order valence-corrected chi connectivity index (χ1v) is 17.1. The predicted molar refractivity (Wildman–Crippen MR) is 190 cm³/mol. The first kappa shape index (κ1) is 39.0. The summed E-state index contributed by atoms with van der Waals surface area (Å²) < 4.78 is 10.5. The average molecular weight is 700 g/mol. The molecule has 0 spiro atoms. The number of benzene rings is 2. The van der Waals surface area contributed by atoms with Crippen molar-refractivity contribution in [3.63, 3.8) is 0 Å². The molecule has 10 heteroatoms. The molecular formula is C38H48Cl2N2O6. The highest BCUT2D eigenvalue weighted by molar-refractivity contribution is 6.31. The van der Waals surface area contributed by atoms with Crippen molar-refractivity contribution >= 4 is 35.4 Å². The number of hydrogen-bond donors (Lipinski definition) is 4. The predicted octanol–water partition coefficient (Wildman–Crippen LogP) is 7.78. The first-order chi connectivity index (χ1) is 22.3. The molecule has 0 radical (unpaired) electrons. The molecule has 0 unspecified atom stereocenters. The number of amides is 2. The lowest BCUT2D eigenvalue weighted by Crippen LogP contribution is -2.46. The van der Waals surface area contributed by atoms with Crippen molar-refractivity contribution in [3.05, 3.63) is 69.7 Å². The molecule has 4 N–H and O–H groups in total. The largest absolute Gasteiger partial charge is 0.444 e. The fraction of sp³-hybridized carbons (Fsp3) is 0.526. The van der Waals surface area contributed by atoms with Gasteiger partial charge in [0.1, 0.15) is 22.4 Å². The van der Waals surface area contributed by atoms with Gasteiger partial charge in [0, 0.05) is 46.1 Å². The van der Waals surface area contributed by atoms with Crippen LogP contribution in [-0.2, 0) is 9.47 Å². The second-order valence-electron chi connectivity index (χ2n) is 14.5. The van der Waals surface area contributed by atoms with Crippen molar-refractivity contribution in [2.24, 2.45) is 0 Å². The molecule has 2 aliphatic carbocycles. The van der Waals surface area contributed by atoms with E-state index in [0.717, 1.165) is 36.8 Å². The molecular weight excluding hydrogens is 651 g/mol. The van der Waals surface area contributed by atoms with Crippen molar-refractivity contribution < 1.29 is 29.3 Å². The van der Waals surface area contributed by atoms with Gasteiger partial charge in [-0.05, 0) is 116 Å². The molecule has 2 aromatic carbocycles. The molecule has 4 rings (SSSR count). The SMILES string of the molecule is CC(C)(C)OC(=O)N[C@@H]1CCC[C@](O)(C#Cc2cccc(Cl)c2)C1.CC(C)(C)OC(=O)N[C@@H]1CCC[C@](O)(C#Cc2cccc(Cl)c2)C1. The van der Waals surface area contributed by atoms with Crippen molar-refractivity contribution in [2.75, 3.05) is 0 Å². The first-order valence-electron chi connectivity index (χ1n) is 16.3. The van der Waals surface area contributed by atoms with Crippen molar-refractivity contribution in [2.45, 2.75) is 127 Å². The monoisotopic (exact) mass is 698 g/mol. The highest BCUT2D eigenvalue weighted by Gasteiger charge is 2.35. The van der Waals surface area contributed by atoms with E-state index < -0.39 is 34.6 Å². The topological polar surface area (TPSA) is 117 Å². The second kappa shape index (κ2) is 16.8. The maximum absolute atomic E-state index is 11.9. The molecule has 4 atom stereocenters. The van der Waals surface area contributed by atoms with E-state index in [-0.39, 0.29) is 12.1 Å². The molecule has 8 nitrogen and oxygen atoms in total. The van der Waals surface area contributed by atoms with Crippen LogP contribution in [-0.4, -0.2) is 56.9 Å². The molecule has 0 bridgehead atoms. The number of ether oxygens (including phenoxy) is 2. The van der Waals surface area contributed by atoms with E-state index >= 15 is 0 Å². The van der Waals surface area contributed by atoms with Crippen LogP contribution in [0.3, 0.4) is 0 Å². The highest BCUT2D eigenvalue weighted by atomic mass is 35.5. The summed E-state index contributed by atoms with van der Waals surface area (Å²) >= 11 is 11.9. The van der Waals surface area contributed by atoms with Crippen molar-refractivity contribution in [1.29, 1.82) is 0 Å². The lowest BCUT2D eigenvalue weighted by molar-refractivity contribution is 0.0292. The Balaban J connectivity index is 0.000000260. The summed E-state index contributed by atoms with van der Waals surface area (Å²) in [4.78, 5) is 23.8. The van der Waals surface area contributed by atoms with E-state index in [9.17, 15) is 19.8 Å². The second-order valence-corrected chi connectivity index (χ2v) is 15.3. The third-order valence-corrected chi connectivity index (χ3v) is 7.89. The van der Waals surface area contributed by atoms with Gasteiger partial charge in [0.15, 0.2) is 0 Å². The number of carbonyl (C=O) groups is 2. The maximum Gasteiger partial charge on any atom is 0.407 e. The maximum atomic E-state index is 11.9. The summed E-state index contributed by atoms with van der Waals surface area (Å²) in [6.45, 7) is 10.9. The normalized spacial score (nSPS) is 23.8. The quantitative estimate of drug-likeness (QED) is 0.238. The van der Waals surface area contributed by atoms with Gasteiger partial charge in [-0.3, -0.25) is 0 Å². The smallest absolute Gasteiger partial charge is 0.407 e. The van der Waals surface area contributed by atoms with Crippen LogP contribution in [0.15, 0.2) is 48.5 Å². The molecule has 48 heavy (non-hydrogen) atoms. The van der Waals surface area contributed by atoms with E-state index in [0.29, 0.717) is 35.7 Å². The lowest BCUT2D eigenvalue weighted by Gasteiger charge is -2.33. The van der Waals surface area contributed by atoms with Gasteiger partial charge >= 0.3 is 12.2 Å². The van der Waals surface area contributed by atoms with Crippen molar-refractivity contribution in [1.82, 2.24) is 10.6 Å². The van der Waals surface area contributed by atoms with Gasteiger partial charge < -0.3 is 30.3 Å². The Hall–Kier alpha value is -3.40. The van der Waals surface area contributed by atoms with Crippen LogP contribution in [0.5, 0.6) is 0 Å². The minimum absolute atomic E-state index is 0.146. The standard InChI is InChI=1S/2C19H24ClNO3/c2*1-18(2,3)24-17(22)21-16-8-5-10-19(23,13-16)11-9-14-6-4-7-15(20)12-14/h2*4,6-7,12,16,23H,5,8,10,13H2,1-3H3,(H,21,22)/t2*16-,19+/m11/s1. The molecule has 0 aromatic heterocycles. The number of alkyl carbamates (subject to hydrolysis) is 2. The Morgan fingerprint density at radius 1 is 0.729 bits per heavy atom. The average Bonchev–Trinajstić information content (AvgIpc) is 2.94. The van der Waals surface area contributed by atoms with Gasteiger partial charge in [-0.15, -0.1) is 0 Å². The molecule has 2 fully saturated rings. The zero-order valence-corrected chi connectivity index (χ0v) is 30.2. The van der Waals surface area contributed by atoms with Crippen LogP contribution in [0.4, 0.5) is 9.59 Å². The lowest BCUT2D eigenvalue weighted by atomic mass is 9.82. The Labute approximate surface area is 295 Å². The Bertz CT molecular complexity index is 1430. The van der Waals surface area contributed by atoms with Crippen LogP contribution in [0, 0.1) is 23.7 Å². The van der Waals surface area contributed by atoms with Gasteiger partial charge in [-0.2, -0.15) is 0 Å². The summed E-state index contributed by atoms with van der Waals surface area (Å²) in [5.74, 6) is 11.9. The van der Waals surface area contributed by atoms with Crippen LogP contribution >= 0.6 is 23.2 Å². The third-order valence-electron chi connectivity index (χ3n) is 7.42. The number of carbonyl (C=O) groups excluding carboxylic acids is 2. The van der Waals surface area contributed by atoms with Crippen LogP contribution < -0.4 is 10.6 Å². The number of hydrogen-bond acceptors (Lipinski definition) is 6. The molecule has 0 saturated heterocycles. The van der Waals surface area contributed by atoms with E-state index in [4.69, 9.17) is 32.7 Å². The molecule has 2 aliphatic rings. The summed E-state index contributed by atoms with van der Waals surface area (Å²) in [5.41, 5.74) is -1.78. The zero-order valence-electron chi connectivity index (χ0n) is 28.7. The van der Waals surface area contributed by atoms with Gasteiger partial charge in [0.2, 0.25) is 0 Å². The fourth-order valence-electron chi connectivity index (χ4n) is 5.44. The van der Waals surface area contributed by atoms with Crippen LogP contribution in [0.2, 0.25) is 10.0 Å². The molecule has 2 amide bonds. The minimum atomic E-state index is -1.11. The summed E-state index contributed by atoms with van der Waals surface area (Å²) in [6.07, 6.45) is 4.24. The van der Waals surface area contributed by atoms with Gasteiger partial charge in [-0.25, -0.2) is 9.59 Å². The van der Waals surface area contributed by atoms with Crippen LogP contribution in [0.25, 0.3) is 0 Å². The number of halogens is 2. The zero-order chi connectivity index (χ0) is 35.6. The van der Waals surface area contributed by atoms with E-state index in [1.807, 2.05) is 65.8 Å². The Kier molecular flexibility index (Phi) is 13.7.